The predicted molar refractivity (Wildman–Crippen MR) is 58.3 cm³/mol. The van der Waals surface area contributed by atoms with Gasteiger partial charge in [0.2, 0.25) is 0 Å². The Morgan fingerprint density at radius 3 is 2.53 bits per heavy atom. The molecule has 0 bridgehead atoms. The van der Waals surface area contributed by atoms with Crippen molar-refractivity contribution in [3.05, 3.63) is 29.8 Å². The van der Waals surface area contributed by atoms with Gasteiger partial charge in [0.05, 0.1) is 11.3 Å². The van der Waals surface area contributed by atoms with Crippen molar-refractivity contribution in [2.45, 2.75) is 0 Å². The highest BCUT2D eigenvalue weighted by Gasteiger charge is 2.15. The molecular formula is C8H8N4O2S. The summed E-state index contributed by atoms with van der Waals surface area (Å²) in [4.78, 5) is 10.6. The third-order valence-electron chi connectivity index (χ3n) is 1.90. The summed E-state index contributed by atoms with van der Waals surface area (Å²) in [6.45, 7) is 0. The number of hydrazine groups is 2. The summed E-state index contributed by atoms with van der Waals surface area (Å²) in [7, 11) is 0. The summed E-state index contributed by atoms with van der Waals surface area (Å²) < 4.78 is 1.37. The van der Waals surface area contributed by atoms with E-state index in [-0.39, 0.29) is 5.56 Å². The van der Waals surface area contributed by atoms with Crippen molar-refractivity contribution in [3.63, 3.8) is 0 Å². The Bertz CT molecular complexity index is 406. The van der Waals surface area contributed by atoms with Crippen molar-refractivity contribution in [3.8, 4) is 0 Å². The molecule has 1 aromatic carbocycles. The fourth-order valence-electron chi connectivity index (χ4n) is 1.16. The number of hydrogen-bond acceptors (Lipinski definition) is 6. The first-order valence-electron chi connectivity index (χ1n) is 4.09. The average Bonchev–Trinajstić information content (AvgIpc) is 2.65. The third kappa shape index (κ3) is 1.88. The summed E-state index contributed by atoms with van der Waals surface area (Å²) in [5, 5.41) is 14.1. The van der Waals surface area contributed by atoms with Crippen molar-refractivity contribution in [1.82, 2.24) is 10.1 Å². The van der Waals surface area contributed by atoms with E-state index in [1.165, 1.54) is 23.0 Å². The number of hydrogen-bond donors (Lipinski definition) is 3. The molecule has 0 atom stereocenters. The normalized spacial score (nSPS) is 15.4. The Hall–Kier alpha value is -1.73. The lowest BCUT2D eigenvalue weighted by Gasteiger charge is -2.20. The van der Waals surface area contributed by atoms with E-state index in [4.69, 9.17) is 5.11 Å². The Kier molecular flexibility index (Phi) is 2.48. The Labute approximate surface area is 91.3 Å². The summed E-state index contributed by atoms with van der Waals surface area (Å²) in [5.41, 5.74) is 3.59. The van der Waals surface area contributed by atoms with Crippen LogP contribution in [0.5, 0.6) is 0 Å². The maximum atomic E-state index is 10.6. The minimum absolute atomic E-state index is 0.244. The predicted octanol–water partition coefficient (Wildman–Crippen LogP) is 0.714. The third-order valence-corrected chi connectivity index (χ3v) is 2.18. The molecule has 0 aromatic heterocycles. The van der Waals surface area contributed by atoms with Gasteiger partial charge in [0.1, 0.15) is 6.34 Å². The van der Waals surface area contributed by atoms with Crippen molar-refractivity contribution < 1.29 is 9.90 Å². The highest BCUT2D eigenvalue weighted by atomic mass is 32.1. The molecule has 1 heterocycles. The first kappa shape index (κ1) is 9.81. The van der Waals surface area contributed by atoms with Crippen LogP contribution >= 0.6 is 12.8 Å². The van der Waals surface area contributed by atoms with Crippen LogP contribution in [0.3, 0.4) is 0 Å². The molecule has 6 nitrogen and oxygen atoms in total. The first-order valence-corrected chi connectivity index (χ1v) is 4.49. The van der Waals surface area contributed by atoms with Crippen LogP contribution in [0.4, 0.5) is 5.69 Å². The zero-order valence-electron chi connectivity index (χ0n) is 7.53. The number of carbonyl (C=O) groups is 1. The maximum absolute atomic E-state index is 10.6. The number of benzene rings is 1. The largest absolute Gasteiger partial charge is 0.478 e. The number of carboxylic acid groups (broad SMARTS) is 1. The van der Waals surface area contributed by atoms with Crippen LogP contribution in [0.15, 0.2) is 29.4 Å². The zero-order valence-corrected chi connectivity index (χ0v) is 8.43. The average molecular weight is 224 g/mol. The standard InChI is InChI=1S/C8H8N4O2S/c13-8(14)6-1-3-7(4-2-6)11-5-9-10-12(11)15/h1-5,10,15H,(H,13,14). The molecule has 0 fully saturated rings. The number of hydrazone groups is 1. The molecule has 0 radical (unpaired) electrons. The summed E-state index contributed by atoms with van der Waals surface area (Å²) >= 11 is 4.07. The Morgan fingerprint density at radius 1 is 1.40 bits per heavy atom. The number of carboxylic acids is 1. The van der Waals surface area contributed by atoms with Gasteiger partial charge in [-0.15, -0.1) is 0 Å². The van der Waals surface area contributed by atoms with Crippen molar-refractivity contribution >= 4 is 30.8 Å². The van der Waals surface area contributed by atoms with Crippen LogP contribution in [-0.2, 0) is 0 Å². The lowest BCUT2D eigenvalue weighted by atomic mass is 10.2. The van der Waals surface area contributed by atoms with E-state index in [0.29, 0.717) is 0 Å². The van der Waals surface area contributed by atoms with Gasteiger partial charge in [-0.3, -0.25) is 0 Å². The molecule has 2 rings (SSSR count). The smallest absolute Gasteiger partial charge is 0.335 e. The van der Waals surface area contributed by atoms with E-state index < -0.39 is 5.97 Å². The van der Waals surface area contributed by atoms with Crippen molar-refractivity contribution in [1.29, 1.82) is 0 Å². The molecule has 15 heavy (non-hydrogen) atoms. The fraction of sp³-hybridized carbons (Fsp3) is 0. The number of rotatable bonds is 2. The van der Waals surface area contributed by atoms with Crippen LogP contribution in [0.1, 0.15) is 10.4 Å². The quantitative estimate of drug-likeness (QED) is 0.646. The molecule has 0 saturated carbocycles. The molecule has 0 spiro atoms. The minimum atomic E-state index is -0.947. The van der Waals surface area contributed by atoms with Gasteiger partial charge in [0.25, 0.3) is 0 Å². The van der Waals surface area contributed by atoms with E-state index >= 15 is 0 Å². The van der Waals surface area contributed by atoms with Gasteiger partial charge < -0.3 is 5.11 Å². The van der Waals surface area contributed by atoms with Gasteiger partial charge in [-0.05, 0) is 37.1 Å². The van der Waals surface area contributed by atoms with Gasteiger partial charge >= 0.3 is 5.97 Å². The van der Waals surface area contributed by atoms with Gasteiger partial charge in [-0.25, -0.2) is 15.3 Å². The molecule has 0 amide bonds. The summed E-state index contributed by atoms with van der Waals surface area (Å²) in [5.74, 6) is -0.947. The molecule has 0 unspecified atom stereocenters. The summed E-state index contributed by atoms with van der Waals surface area (Å²) in [6.07, 6.45) is 1.53. The monoisotopic (exact) mass is 224 g/mol. The first-order chi connectivity index (χ1) is 7.18. The van der Waals surface area contributed by atoms with E-state index in [1.807, 2.05) is 0 Å². The molecular weight excluding hydrogens is 216 g/mol. The molecule has 7 heteroatoms. The van der Waals surface area contributed by atoms with E-state index in [1.54, 1.807) is 17.1 Å². The number of nitrogens with zero attached hydrogens (tertiary/aromatic N) is 3. The Balaban J connectivity index is 2.23. The van der Waals surface area contributed by atoms with Crippen molar-refractivity contribution in [2.75, 3.05) is 5.01 Å². The highest BCUT2D eigenvalue weighted by Crippen LogP contribution is 2.18. The van der Waals surface area contributed by atoms with Crippen LogP contribution in [0, 0.1) is 0 Å². The zero-order chi connectivity index (χ0) is 10.8. The molecule has 1 aliphatic rings. The lowest BCUT2D eigenvalue weighted by molar-refractivity contribution is 0.0697. The van der Waals surface area contributed by atoms with Crippen LogP contribution < -0.4 is 10.5 Å². The number of nitrogens with one attached hydrogen (secondary N) is 1. The maximum Gasteiger partial charge on any atom is 0.335 e. The molecule has 1 aromatic rings. The summed E-state index contributed by atoms with van der Waals surface area (Å²) in [6, 6.07) is 6.38. The molecule has 0 saturated heterocycles. The lowest BCUT2D eigenvalue weighted by Crippen LogP contribution is -2.35. The second kappa shape index (κ2) is 3.79. The fourth-order valence-corrected chi connectivity index (χ4v) is 1.36. The SMILES string of the molecule is O=C(O)c1ccc(N2C=NNN2S)cc1. The van der Waals surface area contributed by atoms with Crippen LogP contribution in [-0.4, -0.2) is 21.9 Å². The van der Waals surface area contributed by atoms with Gasteiger partial charge in [-0.2, -0.15) is 5.10 Å². The van der Waals surface area contributed by atoms with Crippen LogP contribution in [0.2, 0.25) is 0 Å². The highest BCUT2D eigenvalue weighted by molar-refractivity contribution is 7.77. The van der Waals surface area contributed by atoms with Gasteiger partial charge in [0, 0.05) is 0 Å². The van der Waals surface area contributed by atoms with Crippen LogP contribution in [0.25, 0.3) is 0 Å². The topological polar surface area (TPSA) is 68.2 Å². The number of thiol groups is 1. The van der Waals surface area contributed by atoms with Gasteiger partial charge in [0.15, 0.2) is 0 Å². The molecule has 1 aliphatic heterocycles. The molecule has 0 aliphatic carbocycles. The molecule has 2 N–H and O–H groups in total. The second-order valence-corrected chi connectivity index (χ2v) is 3.21. The second-order valence-electron chi connectivity index (χ2n) is 2.83. The molecule has 78 valence electrons. The van der Waals surface area contributed by atoms with E-state index in [0.717, 1.165) is 5.69 Å². The van der Waals surface area contributed by atoms with E-state index in [2.05, 4.69) is 23.5 Å². The Morgan fingerprint density at radius 2 is 2.07 bits per heavy atom. The van der Waals surface area contributed by atoms with Crippen molar-refractivity contribution in [2.24, 2.45) is 5.10 Å². The number of aromatic carboxylic acids is 1. The minimum Gasteiger partial charge on any atom is -0.478 e. The van der Waals surface area contributed by atoms with E-state index in [9.17, 15) is 4.79 Å². The van der Waals surface area contributed by atoms with Gasteiger partial charge in [-0.1, -0.05) is 4.52 Å². The number of anilines is 1.